The van der Waals surface area contributed by atoms with Crippen LogP contribution in [0.5, 0.6) is 0 Å². The Labute approximate surface area is 137 Å². The van der Waals surface area contributed by atoms with Crippen molar-refractivity contribution in [3.05, 3.63) is 35.4 Å². The summed E-state index contributed by atoms with van der Waals surface area (Å²) >= 11 is 1.97. The van der Waals surface area contributed by atoms with Crippen molar-refractivity contribution in [1.82, 2.24) is 10.6 Å². The smallest absolute Gasteiger partial charge is 0.315 e. The Morgan fingerprint density at radius 3 is 2.77 bits per heavy atom. The Morgan fingerprint density at radius 1 is 1.36 bits per heavy atom. The summed E-state index contributed by atoms with van der Waals surface area (Å²) in [5.41, 5.74) is 1.98. The van der Waals surface area contributed by atoms with Crippen LogP contribution >= 0.6 is 11.8 Å². The lowest BCUT2D eigenvalue weighted by molar-refractivity contribution is 0.172. The molecule has 0 heterocycles. The number of thioether (sulfide) groups is 1. The first-order chi connectivity index (χ1) is 10.6. The first-order valence-electron chi connectivity index (χ1n) is 7.99. The lowest BCUT2D eigenvalue weighted by atomic mass is 10.1. The Morgan fingerprint density at radius 2 is 2.09 bits per heavy atom. The molecule has 1 saturated carbocycles. The second-order valence-electron chi connectivity index (χ2n) is 5.87. The summed E-state index contributed by atoms with van der Waals surface area (Å²) in [6, 6.07) is 7.79. The number of benzene rings is 1. The van der Waals surface area contributed by atoms with Crippen molar-refractivity contribution in [2.24, 2.45) is 0 Å². The third kappa shape index (κ3) is 5.21. The molecule has 5 heteroatoms. The van der Waals surface area contributed by atoms with E-state index in [2.05, 4.69) is 17.6 Å². The fourth-order valence-electron chi connectivity index (χ4n) is 2.79. The van der Waals surface area contributed by atoms with E-state index in [9.17, 15) is 9.90 Å². The molecule has 0 radical (unpaired) electrons. The highest BCUT2D eigenvalue weighted by Crippen LogP contribution is 2.29. The number of amides is 2. The van der Waals surface area contributed by atoms with E-state index >= 15 is 0 Å². The van der Waals surface area contributed by atoms with Gasteiger partial charge in [0.05, 0.1) is 6.10 Å². The van der Waals surface area contributed by atoms with Gasteiger partial charge in [-0.1, -0.05) is 36.8 Å². The van der Waals surface area contributed by atoms with Crippen LogP contribution in [0.15, 0.2) is 24.3 Å². The number of aryl methyl sites for hydroxylation is 1. The second-order valence-corrected chi connectivity index (χ2v) is 7.45. The fraction of sp³-hybridized carbons (Fsp3) is 0.588. The molecule has 122 valence electrons. The molecule has 1 aromatic rings. The van der Waals surface area contributed by atoms with Gasteiger partial charge < -0.3 is 15.7 Å². The van der Waals surface area contributed by atoms with Gasteiger partial charge in [0.15, 0.2) is 0 Å². The molecule has 1 aliphatic carbocycles. The van der Waals surface area contributed by atoms with Crippen LogP contribution < -0.4 is 10.6 Å². The van der Waals surface area contributed by atoms with E-state index in [1.54, 1.807) is 0 Å². The molecule has 0 aliphatic heterocycles. The van der Waals surface area contributed by atoms with Gasteiger partial charge in [-0.15, -0.1) is 0 Å². The second kappa shape index (κ2) is 8.44. The highest BCUT2D eigenvalue weighted by molar-refractivity contribution is 7.99. The van der Waals surface area contributed by atoms with Crippen LogP contribution in [-0.4, -0.2) is 34.7 Å². The number of hydrogen-bond donors (Lipinski definition) is 3. The van der Waals surface area contributed by atoms with Gasteiger partial charge >= 0.3 is 6.03 Å². The molecule has 4 nitrogen and oxygen atoms in total. The van der Waals surface area contributed by atoms with Gasteiger partial charge in [-0.3, -0.25) is 0 Å². The largest absolute Gasteiger partial charge is 0.387 e. The van der Waals surface area contributed by atoms with Crippen LogP contribution in [0.1, 0.15) is 43.4 Å². The number of carbonyl (C=O) groups is 1. The van der Waals surface area contributed by atoms with Crippen LogP contribution in [0.25, 0.3) is 0 Å². The topological polar surface area (TPSA) is 61.4 Å². The number of aliphatic hydroxyl groups is 1. The quantitative estimate of drug-likeness (QED) is 0.754. The number of rotatable bonds is 6. The van der Waals surface area contributed by atoms with Gasteiger partial charge in [0.2, 0.25) is 0 Å². The van der Waals surface area contributed by atoms with E-state index in [1.807, 2.05) is 43.0 Å². The van der Waals surface area contributed by atoms with E-state index in [4.69, 9.17) is 0 Å². The standard InChI is InChI=1S/C17H26N2O2S/c1-3-22-15-9-8-14(10-15)19-17(21)18-11-16(20)13-6-4-12(2)5-7-13/h4-7,14-16,20H,3,8-11H2,1-2H3,(H2,18,19,21). The van der Waals surface area contributed by atoms with Crippen LogP contribution in [0.2, 0.25) is 0 Å². The monoisotopic (exact) mass is 322 g/mol. The fourth-order valence-corrected chi connectivity index (χ4v) is 3.93. The highest BCUT2D eigenvalue weighted by Gasteiger charge is 2.25. The first kappa shape index (κ1) is 17.2. The van der Waals surface area contributed by atoms with E-state index in [0.717, 1.165) is 29.7 Å². The SMILES string of the molecule is CCSC1CCC(NC(=O)NCC(O)c2ccc(C)cc2)C1. The maximum absolute atomic E-state index is 11.9. The van der Waals surface area contributed by atoms with Gasteiger partial charge in [0.25, 0.3) is 0 Å². The van der Waals surface area contributed by atoms with Crippen molar-refractivity contribution in [1.29, 1.82) is 0 Å². The molecule has 22 heavy (non-hydrogen) atoms. The summed E-state index contributed by atoms with van der Waals surface area (Å²) in [6.07, 6.45) is 2.60. The Hall–Kier alpha value is -1.20. The predicted molar refractivity (Wildman–Crippen MR) is 92.2 cm³/mol. The van der Waals surface area contributed by atoms with Gasteiger partial charge in [0, 0.05) is 17.8 Å². The van der Waals surface area contributed by atoms with E-state index < -0.39 is 6.10 Å². The zero-order valence-corrected chi connectivity index (χ0v) is 14.2. The normalized spacial score (nSPS) is 22.3. The third-order valence-corrected chi connectivity index (χ3v) is 5.27. The molecular formula is C17H26N2O2S. The van der Waals surface area contributed by atoms with Crippen LogP contribution in [0, 0.1) is 6.92 Å². The molecular weight excluding hydrogens is 296 g/mol. The molecule has 2 rings (SSSR count). The molecule has 3 N–H and O–H groups in total. The molecule has 1 aromatic carbocycles. The zero-order valence-electron chi connectivity index (χ0n) is 13.3. The van der Waals surface area contributed by atoms with Crippen molar-refractivity contribution in [3.63, 3.8) is 0 Å². The zero-order chi connectivity index (χ0) is 15.9. The summed E-state index contributed by atoms with van der Waals surface area (Å²) < 4.78 is 0. The van der Waals surface area contributed by atoms with Crippen molar-refractivity contribution >= 4 is 17.8 Å². The number of carbonyl (C=O) groups excluding carboxylic acids is 1. The highest BCUT2D eigenvalue weighted by atomic mass is 32.2. The molecule has 0 spiro atoms. The molecule has 1 aliphatic rings. The van der Waals surface area contributed by atoms with E-state index in [0.29, 0.717) is 5.25 Å². The van der Waals surface area contributed by atoms with Crippen molar-refractivity contribution in [2.75, 3.05) is 12.3 Å². The summed E-state index contributed by atoms with van der Waals surface area (Å²) in [5.74, 6) is 1.13. The summed E-state index contributed by atoms with van der Waals surface area (Å²) in [5, 5.41) is 16.5. The van der Waals surface area contributed by atoms with Crippen molar-refractivity contribution in [2.45, 2.75) is 50.5 Å². The Bertz CT molecular complexity index is 478. The molecule has 0 aromatic heterocycles. The molecule has 2 amide bonds. The van der Waals surface area contributed by atoms with Gasteiger partial charge in [-0.2, -0.15) is 11.8 Å². The molecule has 0 bridgehead atoms. The number of nitrogens with one attached hydrogen (secondary N) is 2. The summed E-state index contributed by atoms with van der Waals surface area (Å²) in [4.78, 5) is 11.9. The van der Waals surface area contributed by atoms with Gasteiger partial charge in [-0.05, 0) is 37.5 Å². The molecule has 0 saturated heterocycles. The molecule has 3 atom stereocenters. The lowest BCUT2D eigenvalue weighted by Gasteiger charge is -2.16. The number of hydrogen-bond acceptors (Lipinski definition) is 3. The van der Waals surface area contributed by atoms with Gasteiger partial charge in [-0.25, -0.2) is 4.79 Å². The minimum atomic E-state index is -0.668. The first-order valence-corrected chi connectivity index (χ1v) is 9.04. The van der Waals surface area contributed by atoms with Gasteiger partial charge in [0.1, 0.15) is 0 Å². The van der Waals surface area contributed by atoms with Crippen LogP contribution in [-0.2, 0) is 0 Å². The Balaban J connectivity index is 1.70. The average Bonchev–Trinajstić information content (AvgIpc) is 2.93. The molecule has 1 fully saturated rings. The summed E-state index contributed by atoms with van der Waals surface area (Å²) in [6.45, 7) is 4.41. The molecule has 3 unspecified atom stereocenters. The maximum Gasteiger partial charge on any atom is 0.315 e. The van der Waals surface area contributed by atoms with Crippen LogP contribution in [0.4, 0.5) is 4.79 Å². The maximum atomic E-state index is 11.9. The van der Waals surface area contributed by atoms with E-state index in [1.165, 1.54) is 6.42 Å². The minimum Gasteiger partial charge on any atom is -0.387 e. The number of aliphatic hydroxyl groups excluding tert-OH is 1. The average molecular weight is 322 g/mol. The Kier molecular flexibility index (Phi) is 6.58. The van der Waals surface area contributed by atoms with E-state index in [-0.39, 0.29) is 18.6 Å². The van der Waals surface area contributed by atoms with Crippen molar-refractivity contribution in [3.8, 4) is 0 Å². The summed E-state index contributed by atoms with van der Waals surface area (Å²) in [7, 11) is 0. The number of urea groups is 1. The lowest BCUT2D eigenvalue weighted by Crippen LogP contribution is -2.42. The minimum absolute atomic E-state index is 0.182. The predicted octanol–water partition coefficient (Wildman–Crippen LogP) is 3.00. The van der Waals surface area contributed by atoms with Crippen LogP contribution in [0.3, 0.4) is 0 Å². The third-order valence-electron chi connectivity index (χ3n) is 4.04. The van der Waals surface area contributed by atoms with Crippen molar-refractivity contribution < 1.29 is 9.90 Å².